The molecule has 0 aliphatic carbocycles. The fourth-order valence-corrected chi connectivity index (χ4v) is 3.16. The maximum Gasteiger partial charge on any atom is 0.247 e. The van der Waals surface area contributed by atoms with Crippen LogP contribution in [0, 0.1) is 0 Å². The van der Waals surface area contributed by atoms with E-state index >= 15 is 0 Å². The molecule has 7 heteroatoms. The summed E-state index contributed by atoms with van der Waals surface area (Å²) in [6.45, 7) is 0. The van der Waals surface area contributed by atoms with Crippen LogP contribution in [-0.2, 0) is 0 Å². The van der Waals surface area contributed by atoms with Gasteiger partial charge in [0.1, 0.15) is 4.83 Å². The van der Waals surface area contributed by atoms with Crippen LogP contribution in [0.1, 0.15) is 0 Å². The van der Waals surface area contributed by atoms with Crippen molar-refractivity contribution < 1.29 is 4.74 Å². The van der Waals surface area contributed by atoms with Crippen LogP contribution in [0.2, 0.25) is 0 Å². The van der Waals surface area contributed by atoms with E-state index in [-0.39, 0.29) is 5.56 Å². The highest BCUT2D eigenvalue weighted by Gasteiger charge is 2.11. The van der Waals surface area contributed by atoms with Gasteiger partial charge in [0.05, 0.1) is 18.3 Å². The summed E-state index contributed by atoms with van der Waals surface area (Å²) in [4.78, 5) is 24.5. The third kappa shape index (κ3) is 1.90. The van der Waals surface area contributed by atoms with E-state index in [4.69, 9.17) is 4.74 Å². The van der Waals surface area contributed by atoms with Gasteiger partial charge in [-0.25, -0.2) is 9.97 Å². The molecule has 0 fully saturated rings. The van der Waals surface area contributed by atoms with Gasteiger partial charge in [0.2, 0.25) is 11.4 Å². The first-order chi connectivity index (χ1) is 10.2. The molecule has 4 aromatic heterocycles. The Morgan fingerprint density at radius 1 is 1.24 bits per heavy atom. The van der Waals surface area contributed by atoms with Crippen LogP contribution >= 0.6 is 11.3 Å². The lowest BCUT2D eigenvalue weighted by molar-refractivity contribution is 0.400. The molecule has 0 aromatic carbocycles. The number of thiazole rings is 1. The van der Waals surface area contributed by atoms with E-state index in [1.54, 1.807) is 19.4 Å². The predicted molar refractivity (Wildman–Crippen MR) is 81.0 cm³/mol. The number of nitrogens with zero attached hydrogens (tertiary/aromatic N) is 3. The molecule has 4 aromatic rings. The zero-order valence-corrected chi connectivity index (χ0v) is 11.8. The maximum absolute atomic E-state index is 11.1. The third-order valence-electron chi connectivity index (χ3n) is 3.22. The number of nitrogens with one attached hydrogen (secondary N) is 1. The summed E-state index contributed by atoms with van der Waals surface area (Å²) in [5.41, 5.74) is 2.55. The molecule has 0 spiro atoms. The highest BCUT2D eigenvalue weighted by molar-refractivity contribution is 7.23. The molecule has 104 valence electrons. The number of hydrogen-bond acceptors (Lipinski definition) is 5. The summed E-state index contributed by atoms with van der Waals surface area (Å²) in [7, 11) is 1.60. The normalized spacial score (nSPS) is 11.3. The van der Waals surface area contributed by atoms with Crippen LogP contribution in [0.5, 0.6) is 5.88 Å². The van der Waals surface area contributed by atoms with E-state index in [9.17, 15) is 4.79 Å². The minimum absolute atomic E-state index is 0.124. The molecule has 21 heavy (non-hydrogen) atoms. The highest BCUT2D eigenvalue weighted by Crippen LogP contribution is 2.29. The van der Waals surface area contributed by atoms with Gasteiger partial charge in [-0.05, 0) is 12.1 Å². The van der Waals surface area contributed by atoms with Crippen molar-refractivity contribution in [3.8, 4) is 17.1 Å². The summed E-state index contributed by atoms with van der Waals surface area (Å²) in [5, 5.41) is 0. The van der Waals surface area contributed by atoms with Gasteiger partial charge < -0.3 is 9.72 Å². The molecule has 0 saturated heterocycles. The molecule has 0 atom stereocenters. The second-order valence-electron chi connectivity index (χ2n) is 4.50. The van der Waals surface area contributed by atoms with Crippen LogP contribution in [0.15, 0.2) is 41.5 Å². The smallest absolute Gasteiger partial charge is 0.247 e. The number of H-pyrrole nitrogens is 1. The van der Waals surface area contributed by atoms with Crippen molar-refractivity contribution in [2.24, 2.45) is 0 Å². The Kier molecular flexibility index (Phi) is 2.55. The lowest BCUT2D eigenvalue weighted by atomic mass is 10.2. The monoisotopic (exact) mass is 298 g/mol. The SMILES string of the molecule is COc1ccc2c(n1)sc1nc(-c3ccc(=O)[nH]c3)cn12. The van der Waals surface area contributed by atoms with Crippen molar-refractivity contribution in [2.45, 2.75) is 0 Å². The molecule has 4 rings (SSSR count). The van der Waals surface area contributed by atoms with Crippen molar-refractivity contribution in [3.63, 3.8) is 0 Å². The number of fused-ring (bicyclic) bond motifs is 3. The molecule has 0 bridgehead atoms. The molecular formula is C14H10N4O2S. The van der Waals surface area contributed by atoms with Crippen LogP contribution < -0.4 is 10.3 Å². The average molecular weight is 298 g/mol. The largest absolute Gasteiger partial charge is 0.481 e. The van der Waals surface area contributed by atoms with Gasteiger partial charge in [0, 0.05) is 30.1 Å². The fourth-order valence-electron chi connectivity index (χ4n) is 2.19. The van der Waals surface area contributed by atoms with Gasteiger partial charge in [0.15, 0.2) is 4.96 Å². The third-order valence-corrected chi connectivity index (χ3v) is 4.19. The summed E-state index contributed by atoms with van der Waals surface area (Å²) in [5.74, 6) is 0.591. The van der Waals surface area contributed by atoms with Crippen molar-refractivity contribution in [1.82, 2.24) is 19.4 Å². The second kappa shape index (κ2) is 4.42. The Bertz CT molecular complexity index is 994. The minimum Gasteiger partial charge on any atom is -0.481 e. The minimum atomic E-state index is -0.124. The number of methoxy groups -OCH3 is 1. The van der Waals surface area contributed by atoms with Gasteiger partial charge in [-0.2, -0.15) is 0 Å². The molecule has 0 radical (unpaired) electrons. The fraction of sp³-hybridized carbons (Fsp3) is 0.0714. The predicted octanol–water partition coefficient (Wildman–Crippen LogP) is 2.31. The summed E-state index contributed by atoms with van der Waals surface area (Å²) < 4.78 is 7.12. The number of aromatic nitrogens is 4. The maximum atomic E-state index is 11.1. The van der Waals surface area contributed by atoms with E-state index < -0.39 is 0 Å². The number of pyridine rings is 2. The summed E-state index contributed by atoms with van der Waals surface area (Å²) in [6.07, 6.45) is 3.61. The van der Waals surface area contributed by atoms with Crippen molar-refractivity contribution in [1.29, 1.82) is 0 Å². The first-order valence-corrected chi connectivity index (χ1v) is 7.08. The first kappa shape index (κ1) is 12.1. The van der Waals surface area contributed by atoms with Crippen LogP contribution in [-0.4, -0.2) is 26.5 Å². The molecular weight excluding hydrogens is 288 g/mol. The standard InChI is InChI=1S/C14H10N4O2S/c1-20-12-5-3-10-13(17-12)21-14-16-9(7-18(10)14)8-2-4-11(19)15-6-8/h2-7H,1H3,(H,15,19). The van der Waals surface area contributed by atoms with E-state index in [1.807, 2.05) is 22.7 Å². The molecule has 4 heterocycles. The van der Waals surface area contributed by atoms with E-state index in [1.165, 1.54) is 17.4 Å². The van der Waals surface area contributed by atoms with Crippen LogP contribution in [0.25, 0.3) is 26.6 Å². The van der Waals surface area contributed by atoms with Crippen LogP contribution in [0.4, 0.5) is 0 Å². The van der Waals surface area contributed by atoms with Gasteiger partial charge in [-0.1, -0.05) is 11.3 Å². The van der Waals surface area contributed by atoms with Crippen LogP contribution in [0.3, 0.4) is 0 Å². The van der Waals surface area contributed by atoms with Crippen molar-refractivity contribution in [2.75, 3.05) is 7.11 Å². The topological polar surface area (TPSA) is 72.3 Å². The molecule has 6 nitrogen and oxygen atoms in total. The lowest BCUT2D eigenvalue weighted by Crippen LogP contribution is -2.01. The highest BCUT2D eigenvalue weighted by atomic mass is 32.1. The average Bonchev–Trinajstić information content (AvgIpc) is 3.04. The number of imidazole rings is 1. The quantitative estimate of drug-likeness (QED) is 0.616. The molecule has 0 aliphatic heterocycles. The molecule has 0 saturated carbocycles. The summed E-state index contributed by atoms with van der Waals surface area (Å²) in [6, 6.07) is 7.04. The molecule has 1 N–H and O–H groups in total. The lowest BCUT2D eigenvalue weighted by Gasteiger charge is -1.97. The van der Waals surface area contributed by atoms with Gasteiger partial charge >= 0.3 is 0 Å². The second-order valence-corrected chi connectivity index (χ2v) is 5.46. The van der Waals surface area contributed by atoms with E-state index in [0.717, 1.165) is 26.6 Å². The molecule has 0 aliphatic rings. The van der Waals surface area contributed by atoms with Gasteiger partial charge in [-0.15, -0.1) is 0 Å². The van der Waals surface area contributed by atoms with Gasteiger partial charge in [-0.3, -0.25) is 9.20 Å². The van der Waals surface area contributed by atoms with E-state index in [2.05, 4.69) is 15.0 Å². The zero-order chi connectivity index (χ0) is 14.4. The number of hydrogen-bond donors (Lipinski definition) is 1. The number of ether oxygens (including phenoxy) is 1. The van der Waals surface area contributed by atoms with Gasteiger partial charge in [0.25, 0.3) is 0 Å². The van der Waals surface area contributed by atoms with E-state index in [0.29, 0.717) is 5.88 Å². The number of rotatable bonds is 2. The number of aromatic amines is 1. The Morgan fingerprint density at radius 3 is 2.90 bits per heavy atom. The first-order valence-electron chi connectivity index (χ1n) is 6.26. The zero-order valence-electron chi connectivity index (χ0n) is 11.0. The molecule has 0 unspecified atom stereocenters. The summed E-state index contributed by atoms with van der Waals surface area (Å²) >= 11 is 1.50. The van der Waals surface area contributed by atoms with Crippen molar-refractivity contribution >= 4 is 26.6 Å². The Balaban J connectivity index is 1.90. The Morgan fingerprint density at radius 2 is 2.14 bits per heavy atom. The molecule has 0 amide bonds. The Hall–Kier alpha value is -2.67. The Labute approximate surface area is 122 Å². The van der Waals surface area contributed by atoms with Crippen molar-refractivity contribution in [3.05, 3.63) is 47.0 Å².